The molecule has 0 aliphatic heterocycles. The average Bonchev–Trinajstić information content (AvgIpc) is 2.72. The lowest BCUT2D eigenvalue weighted by atomic mass is 10.0. The highest BCUT2D eigenvalue weighted by molar-refractivity contribution is 7.99. The number of pyridine rings is 2. The van der Waals surface area contributed by atoms with E-state index >= 15 is 0 Å². The van der Waals surface area contributed by atoms with E-state index in [9.17, 15) is 9.59 Å². The number of carbonyl (C=O) groups is 2. The lowest BCUT2D eigenvalue weighted by molar-refractivity contribution is 0.0612. The summed E-state index contributed by atoms with van der Waals surface area (Å²) in [5.41, 5.74) is 0.589. The summed E-state index contributed by atoms with van der Waals surface area (Å²) >= 11 is 3.19. The van der Waals surface area contributed by atoms with Gasteiger partial charge in [0.15, 0.2) is 0 Å². The van der Waals surface area contributed by atoms with E-state index < -0.39 is 5.54 Å². The second-order valence-corrected chi connectivity index (χ2v) is 9.56. The summed E-state index contributed by atoms with van der Waals surface area (Å²) in [7, 11) is 1.75. The Morgan fingerprint density at radius 2 is 1.52 bits per heavy atom. The number of aromatic nitrogens is 2. The van der Waals surface area contributed by atoms with Gasteiger partial charge in [-0.25, -0.2) is 9.97 Å². The van der Waals surface area contributed by atoms with Crippen molar-refractivity contribution < 1.29 is 9.59 Å². The van der Waals surface area contributed by atoms with Gasteiger partial charge in [0.25, 0.3) is 11.8 Å². The van der Waals surface area contributed by atoms with Crippen LogP contribution in [-0.2, 0) is 0 Å². The fourth-order valence-electron chi connectivity index (χ4n) is 2.53. The van der Waals surface area contributed by atoms with E-state index in [1.165, 1.54) is 0 Å². The number of amides is 2. The molecule has 0 bridgehead atoms. The Balaban J connectivity index is 2.04. The molecule has 0 atom stereocenters. The second kappa shape index (κ2) is 10.6. The highest BCUT2D eigenvalue weighted by atomic mass is 32.2. The van der Waals surface area contributed by atoms with Crippen LogP contribution < -0.4 is 5.32 Å². The largest absolute Gasteiger partial charge is 0.350 e. The van der Waals surface area contributed by atoms with Crippen LogP contribution in [0.1, 0.15) is 48.4 Å². The van der Waals surface area contributed by atoms with Crippen molar-refractivity contribution in [1.82, 2.24) is 20.2 Å². The van der Waals surface area contributed by atoms with Crippen LogP contribution in [0.5, 0.6) is 0 Å². The van der Waals surface area contributed by atoms with Crippen LogP contribution in [0.4, 0.5) is 0 Å². The van der Waals surface area contributed by atoms with Gasteiger partial charge in [0.2, 0.25) is 0 Å². The molecule has 2 amide bonds. The normalized spacial score (nSPS) is 11.2. The van der Waals surface area contributed by atoms with Gasteiger partial charge >= 0.3 is 0 Å². The molecule has 0 aliphatic rings. The fourth-order valence-corrected chi connectivity index (χ4v) is 3.82. The van der Waals surface area contributed by atoms with Crippen molar-refractivity contribution in [2.45, 2.75) is 43.3 Å². The molecule has 0 spiro atoms. The monoisotopic (exact) mass is 432 g/mol. The Morgan fingerprint density at radius 3 is 2.07 bits per heavy atom. The van der Waals surface area contributed by atoms with Gasteiger partial charge in [0.05, 0.1) is 15.6 Å². The summed E-state index contributed by atoms with van der Waals surface area (Å²) < 4.78 is 0. The van der Waals surface area contributed by atoms with Crippen molar-refractivity contribution in [3.63, 3.8) is 0 Å². The zero-order valence-corrected chi connectivity index (χ0v) is 19.2. The zero-order valence-electron chi connectivity index (χ0n) is 17.6. The Morgan fingerprint density at radius 1 is 1.00 bits per heavy atom. The van der Waals surface area contributed by atoms with Gasteiger partial charge in [0.1, 0.15) is 0 Å². The number of rotatable bonds is 9. The summed E-state index contributed by atoms with van der Waals surface area (Å²) in [5.74, 6) is 1.51. The third-order valence-corrected chi connectivity index (χ3v) is 6.07. The minimum absolute atomic E-state index is 0.102. The predicted molar refractivity (Wildman–Crippen MR) is 120 cm³/mol. The van der Waals surface area contributed by atoms with E-state index in [-0.39, 0.29) is 11.8 Å². The Labute approximate surface area is 181 Å². The summed E-state index contributed by atoms with van der Waals surface area (Å²) in [6, 6.07) is 7.01. The number of hydrogen-bond acceptors (Lipinski definition) is 6. The molecule has 0 aromatic carbocycles. The number of carbonyl (C=O) groups excluding carboxylic acids is 2. The lowest BCUT2D eigenvalue weighted by Crippen LogP contribution is -2.52. The molecular weight excluding hydrogens is 404 g/mol. The minimum Gasteiger partial charge on any atom is -0.350 e. The Hall–Kier alpha value is -2.06. The molecule has 8 heteroatoms. The van der Waals surface area contributed by atoms with Crippen LogP contribution in [0.25, 0.3) is 0 Å². The molecule has 0 radical (unpaired) electrons. The lowest BCUT2D eigenvalue weighted by Gasteiger charge is -2.36. The Bertz CT molecular complexity index is 858. The van der Waals surface area contributed by atoms with Crippen molar-refractivity contribution >= 4 is 35.3 Å². The van der Waals surface area contributed by atoms with Crippen LogP contribution in [0, 0.1) is 0 Å². The number of hydrogen-bond donors (Lipinski definition) is 1. The molecule has 0 saturated carbocycles. The maximum absolute atomic E-state index is 12.9. The van der Waals surface area contributed by atoms with Gasteiger partial charge in [-0.1, -0.05) is 13.8 Å². The maximum Gasteiger partial charge on any atom is 0.254 e. The summed E-state index contributed by atoms with van der Waals surface area (Å²) in [6.07, 6.45) is 3.30. The van der Waals surface area contributed by atoms with E-state index in [0.29, 0.717) is 17.7 Å². The predicted octanol–water partition coefficient (Wildman–Crippen LogP) is 3.98. The minimum atomic E-state index is -0.567. The van der Waals surface area contributed by atoms with Gasteiger partial charge in [-0.3, -0.25) is 9.59 Å². The molecular formula is C21H28N4O2S2. The highest BCUT2D eigenvalue weighted by Crippen LogP contribution is 2.20. The van der Waals surface area contributed by atoms with Crippen molar-refractivity contribution in [3.8, 4) is 0 Å². The summed E-state index contributed by atoms with van der Waals surface area (Å²) in [4.78, 5) is 35.7. The first kappa shape index (κ1) is 23.2. The maximum atomic E-state index is 12.9. The van der Waals surface area contributed by atoms with E-state index in [1.807, 2.05) is 33.8 Å². The molecule has 29 heavy (non-hydrogen) atoms. The number of likely N-dealkylation sites (N-methyl/N-ethyl adjacent to an activating group) is 1. The van der Waals surface area contributed by atoms with E-state index in [0.717, 1.165) is 21.6 Å². The van der Waals surface area contributed by atoms with Crippen molar-refractivity contribution in [1.29, 1.82) is 0 Å². The smallest absolute Gasteiger partial charge is 0.254 e. The third kappa shape index (κ3) is 6.47. The van der Waals surface area contributed by atoms with Crippen molar-refractivity contribution in [2.24, 2.45) is 0 Å². The first-order chi connectivity index (χ1) is 13.8. The van der Waals surface area contributed by atoms with Gasteiger partial charge in [-0.15, -0.1) is 23.5 Å². The molecule has 0 aliphatic carbocycles. The number of thioether (sulfide) groups is 2. The van der Waals surface area contributed by atoms with Gasteiger partial charge in [-0.2, -0.15) is 0 Å². The number of nitrogens with zero attached hydrogens (tertiary/aromatic N) is 3. The highest BCUT2D eigenvalue weighted by Gasteiger charge is 2.29. The van der Waals surface area contributed by atoms with E-state index in [4.69, 9.17) is 0 Å². The van der Waals surface area contributed by atoms with Crippen LogP contribution >= 0.6 is 23.5 Å². The molecule has 0 fully saturated rings. The van der Waals surface area contributed by atoms with Crippen molar-refractivity contribution in [3.05, 3.63) is 47.8 Å². The third-order valence-electron chi connectivity index (χ3n) is 4.46. The Kier molecular flexibility index (Phi) is 8.52. The van der Waals surface area contributed by atoms with E-state index in [2.05, 4.69) is 15.3 Å². The van der Waals surface area contributed by atoms with Gasteiger partial charge in [0, 0.05) is 37.1 Å². The molecule has 2 aromatic heterocycles. The van der Waals surface area contributed by atoms with Gasteiger partial charge < -0.3 is 10.2 Å². The molecule has 156 valence electrons. The van der Waals surface area contributed by atoms with Crippen LogP contribution in [0.3, 0.4) is 0 Å². The molecule has 2 rings (SSSR count). The summed E-state index contributed by atoms with van der Waals surface area (Å²) in [5, 5.41) is 4.60. The van der Waals surface area contributed by atoms with Crippen LogP contribution in [0.2, 0.25) is 0 Å². The number of nitrogens with one attached hydrogen (secondary N) is 1. The standard InChI is InChI=1S/C21H28N4O2S2/c1-6-28-17-12-15(8-10-22-17)19(26)24-14-21(3,4)25(5)20(27)16-9-11-23-18(13-16)29-7-2/h8-13H,6-7,14H2,1-5H3,(H,24,26). The summed E-state index contributed by atoms with van der Waals surface area (Å²) in [6.45, 7) is 8.28. The molecule has 2 heterocycles. The zero-order chi connectivity index (χ0) is 21.4. The van der Waals surface area contributed by atoms with E-state index in [1.54, 1.807) is 66.1 Å². The molecule has 1 N–H and O–H groups in total. The first-order valence-electron chi connectivity index (χ1n) is 9.52. The fraction of sp³-hybridized carbons (Fsp3) is 0.429. The second-order valence-electron chi connectivity index (χ2n) is 6.99. The average molecular weight is 433 g/mol. The molecule has 0 saturated heterocycles. The van der Waals surface area contributed by atoms with Crippen LogP contribution in [-0.4, -0.2) is 57.3 Å². The van der Waals surface area contributed by atoms with Crippen molar-refractivity contribution in [2.75, 3.05) is 25.1 Å². The first-order valence-corrected chi connectivity index (χ1v) is 11.5. The van der Waals surface area contributed by atoms with Crippen LogP contribution in [0.15, 0.2) is 46.7 Å². The topological polar surface area (TPSA) is 75.2 Å². The SMILES string of the molecule is CCSc1cc(C(=O)NCC(C)(C)N(C)C(=O)c2ccnc(SCC)c2)ccn1. The molecule has 2 aromatic rings. The quantitative estimate of drug-likeness (QED) is 0.604. The van der Waals surface area contributed by atoms with Gasteiger partial charge in [-0.05, 0) is 49.6 Å². The molecule has 0 unspecified atom stereocenters. The molecule has 6 nitrogen and oxygen atoms in total.